The third-order valence-corrected chi connectivity index (χ3v) is 2.60. The number of halogens is 2. The third-order valence-electron chi connectivity index (χ3n) is 2.60. The van der Waals surface area contributed by atoms with Crippen molar-refractivity contribution in [3.63, 3.8) is 0 Å². The quantitative estimate of drug-likeness (QED) is 0.777. The average molecular weight is 199 g/mol. The van der Waals surface area contributed by atoms with Crippen molar-refractivity contribution >= 4 is 0 Å². The molecule has 0 aromatic heterocycles. The average Bonchev–Trinajstić information content (AvgIpc) is 2.01. The van der Waals surface area contributed by atoms with E-state index in [2.05, 4.69) is 5.32 Å². The molecule has 1 N–H and O–H groups in total. The van der Waals surface area contributed by atoms with E-state index in [1.54, 1.807) is 7.11 Å². The maximum atomic E-state index is 12.9. The Balaban J connectivity index is 2.39. The first kappa shape index (κ1) is 9.55. The Morgan fingerprint density at radius 2 is 1.79 bits per heavy atom. The van der Waals surface area contributed by atoms with Crippen molar-refractivity contribution < 1.29 is 13.5 Å². The number of ether oxygens (including phenoxy) is 1. The van der Waals surface area contributed by atoms with E-state index in [0.29, 0.717) is 18.7 Å². The Labute approximate surface area is 80.9 Å². The van der Waals surface area contributed by atoms with Crippen molar-refractivity contribution in [3.05, 3.63) is 35.4 Å². The fourth-order valence-electron chi connectivity index (χ4n) is 1.64. The minimum Gasteiger partial charge on any atom is -0.371 e. The van der Waals surface area contributed by atoms with Crippen molar-refractivity contribution in [2.24, 2.45) is 0 Å². The van der Waals surface area contributed by atoms with Gasteiger partial charge in [-0.05, 0) is 17.7 Å². The molecular formula is C10H11F2NO. The second-order valence-corrected chi connectivity index (χ2v) is 3.46. The van der Waals surface area contributed by atoms with Gasteiger partial charge in [0.1, 0.15) is 17.2 Å². The molecule has 76 valence electrons. The molecule has 1 aromatic rings. The van der Waals surface area contributed by atoms with Gasteiger partial charge < -0.3 is 10.1 Å². The Kier molecular flexibility index (Phi) is 2.25. The van der Waals surface area contributed by atoms with Crippen molar-refractivity contribution in [1.29, 1.82) is 0 Å². The molecular weight excluding hydrogens is 188 g/mol. The van der Waals surface area contributed by atoms with Gasteiger partial charge in [-0.25, -0.2) is 8.78 Å². The van der Waals surface area contributed by atoms with Crippen LogP contribution in [0.3, 0.4) is 0 Å². The first-order chi connectivity index (χ1) is 6.66. The normalized spacial score (nSPS) is 19.1. The van der Waals surface area contributed by atoms with Gasteiger partial charge in [0.15, 0.2) is 0 Å². The fourth-order valence-corrected chi connectivity index (χ4v) is 1.64. The molecule has 0 aliphatic carbocycles. The highest BCUT2D eigenvalue weighted by molar-refractivity contribution is 5.28. The summed E-state index contributed by atoms with van der Waals surface area (Å²) in [4.78, 5) is 0. The molecule has 1 saturated heterocycles. The van der Waals surface area contributed by atoms with Crippen LogP contribution in [0.25, 0.3) is 0 Å². The predicted molar refractivity (Wildman–Crippen MR) is 47.9 cm³/mol. The molecule has 14 heavy (non-hydrogen) atoms. The van der Waals surface area contributed by atoms with E-state index in [9.17, 15) is 8.78 Å². The Morgan fingerprint density at radius 1 is 1.21 bits per heavy atom. The summed E-state index contributed by atoms with van der Waals surface area (Å²) >= 11 is 0. The van der Waals surface area contributed by atoms with Crippen LogP contribution in [0.5, 0.6) is 0 Å². The molecule has 0 atom stereocenters. The lowest BCUT2D eigenvalue weighted by atomic mass is 9.88. The highest BCUT2D eigenvalue weighted by atomic mass is 19.1. The molecule has 0 spiro atoms. The minimum absolute atomic E-state index is 0.552. The van der Waals surface area contributed by atoms with Gasteiger partial charge >= 0.3 is 0 Å². The maximum absolute atomic E-state index is 12.9. The topological polar surface area (TPSA) is 21.3 Å². The van der Waals surface area contributed by atoms with Crippen LogP contribution >= 0.6 is 0 Å². The molecule has 1 aliphatic rings. The van der Waals surface area contributed by atoms with Crippen LogP contribution in [-0.4, -0.2) is 20.2 Å². The SMILES string of the molecule is COC1(c2cc(F)cc(F)c2)CNC1. The molecule has 4 heteroatoms. The lowest BCUT2D eigenvalue weighted by Crippen LogP contribution is -2.58. The number of rotatable bonds is 2. The molecule has 2 rings (SSSR count). The lowest BCUT2D eigenvalue weighted by Gasteiger charge is -2.41. The molecule has 0 radical (unpaired) electrons. The smallest absolute Gasteiger partial charge is 0.126 e. The number of methoxy groups -OCH3 is 1. The Hall–Kier alpha value is -1.00. The van der Waals surface area contributed by atoms with Crippen molar-refractivity contribution in [2.75, 3.05) is 20.2 Å². The van der Waals surface area contributed by atoms with E-state index >= 15 is 0 Å². The molecule has 1 fully saturated rings. The van der Waals surface area contributed by atoms with E-state index in [1.165, 1.54) is 12.1 Å². The molecule has 0 bridgehead atoms. The summed E-state index contributed by atoms with van der Waals surface area (Å²) < 4.78 is 31.2. The van der Waals surface area contributed by atoms with Crippen LogP contribution in [0.2, 0.25) is 0 Å². The summed E-state index contributed by atoms with van der Waals surface area (Å²) in [5, 5.41) is 3.02. The van der Waals surface area contributed by atoms with Gasteiger partial charge in [-0.1, -0.05) is 0 Å². The summed E-state index contributed by atoms with van der Waals surface area (Å²) in [6.45, 7) is 1.18. The van der Waals surface area contributed by atoms with Crippen LogP contribution in [0.15, 0.2) is 18.2 Å². The van der Waals surface area contributed by atoms with Gasteiger partial charge in [0.2, 0.25) is 0 Å². The molecule has 1 heterocycles. The van der Waals surface area contributed by atoms with Crippen molar-refractivity contribution in [1.82, 2.24) is 5.32 Å². The zero-order chi connectivity index (χ0) is 10.2. The number of hydrogen-bond donors (Lipinski definition) is 1. The van der Waals surface area contributed by atoms with E-state index in [0.717, 1.165) is 6.07 Å². The summed E-state index contributed by atoms with van der Waals surface area (Å²) in [7, 11) is 1.55. The zero-order valence-electron chi connectivity index (χ0n) is 7.81. The van der Waals surface area contributed by atoms with Crippen molar-refractivity contribution in [2.45, 2.75) is 5.60 Å². The van der Waals surface area contributed by atoms with Crippen LogP contribution in [0, 0.1) is 11.6 Å². The highest BCUT2D eigenvalue weighted by Gasteiger charge is 2.39. The van der Waals surface area contributed by atoms with Gasteiger partial charge in [-0.3, -0.25) is 0 Å². The van der Waals surface area contributed by atoms with Gasteiger partial charge in [0.05, 0.1) is 0 Å². The van der Waals surface area contributed by atoms with Gasteiger partial charge in [-0.15, -0.1) is 0 Å². The second-order valence-electron chi connectivity index (χ2n) is 3.46. The van der Waals surface area contributed by atoms with Crippen LogP contribution in [0.1, 0.15) is 5.56 Å². The first-order valence-electron chi connectivity index (χ1n) is 4.39. The number of benzene rings is 1. The molecule has 0 saturated carbocycles. The van der Waals surface area contributed by atoms with Crippen LogP contribution < -0.4 is 5.32 Å². The van der Waals surface area contributed by atoms with Gasteiger partial charge in [0.25, 0.3) is 0 Å². The zero-order valence-corrected chi connectivity index (χ0v) is 7.81. The lowest BCUT2D eigenvalue weighted by molar-refractivity contribution is -0.0569. The summed E-state index contributed by atoms with van der Waals surface area (Å²) in [5.74, 6) is -1.13. The maximum Gasteiger partial charge on any atom is 0.126 e. The number of nitrogens with one attached hydrogen (secondary N) is 1. The number of hydrogen-bond acceptors (Lipinski definition) is 2. The summed E-state index contributed by atoms with van der Waals surface area (Å²) in [6, 6.07) is 3.49. The summed E-state index contributed by atoms with van der Waals surface area (Å²) in [6.07, 6.45) is 0. The largest absolute Gasteiger partial charge is 0.371 e. The van der Waals surface area contributed by atoms with Crippen LogP contribution in [0.4, 0.5) is 8.78 Å². The predicted octanol–water partition coefficient (Wildman–Crippen LogP) is 1.41. The van der Waals surface area contributed by atoms with E-state index in [1.807, 2.05) is 0 Å². The van der Waals surface area contributed by atoms with E-state index < -0.39 is 17.2 Å². The first-order valence-corrected chi connectivity index (χ1v) is 4.39. The van der Waals surface area contributed by atoms with E-state index in [4.69, 9.17) is 4.74 Å². The minimum atomic E-state index is -0.566. The Bertz CT molecular complexity index is 324. The molecule has 2 nitrogen and oxygen atoms in total. The monoisotopic (exact) mass is 199 g/mol. The molecule has 1 aliphatic heterocycles. The Morgan fingerprint density at radius 3 is 2.14 bits per heavy atom. The molecule has 0 amide bonds. The third kappa shape index (κ3) is 1.40. The summed E-state index contributed by atoms with van der Waals surface area (Å²) in [5.41, 5.74) is -0.000556. The van der Waals surface area contributed by atoms with Crippen molar-refractivity contribution in [3.8, 4) is 0 Å². The standard InChI is InChI=1S/C10H11F2NO/c1-14-10(5-13-6-10)7-2-8(11)4-9(12)3-7/h2-4,13H,5-6H2,1H3. The highest BCUT2D eigenvalue weighted by Crippen LogP contribution is 2.30. The van der Waals surface area contributed by atoms with Gasteiger partial charge in [-0.2, -0.15) is 0 Å². The van der Waals surface area contributed by atoms with E-state index in [-0.39, 0.29) is 0 Å². The molecule has 1 aromatic carbocycles. The van der Waals surface area contributed by atoms with Gasteiger partial charge in [0, 0.05) is 26.3 Å². The fraction of sp³-hybridized carbons (Fsp3) is 0.400. The second kappa shape index (κ2) is 3.29. The van der Waals surface area contributed by atoms with Crippen LogP contribution in [-0.2, 0) is 10.3 Å². The molecule has 0 unspecified atom stereocenters.